The first-order chi connectivity index (χ1) is 17.0. The molecule has 1 N–H and O–H groups in total. The summed E-state index contributed by atoms with van der Waals surface area (Å²) in [6.45, 7) is 0.656. The van der Waals surface area contributed by atoms with Crippen molar-refractivity contribution in [2.24, 2.45) is 5.92 Å². The van der Waals surface area contributed by atoms with Crippen molar-refractivity contribution in [1.82, 2.24) is 9.29 Å². The summed E-state index contributed by atoms with van der Waals surface area (Å²) in [6, 6.07) is 19.4. The maximum Gasteiger partial charge on any atom is 0.243 e. The number of piperidine rings is 1. The summed E-state index contributed by atoms with van der Waals surface area (Å²) in [7, 11) is -3.56. The van der Waals surface area contributed by atoms with Gasteiger partial charge in [-0.3, -0.25) is 4.79 Å². The first kappa shape index (κ1) is 22.7. The number of amides is 1. The molecule has 6 nitrogen and oxygen atoms in total. The summed E-state index contributed by atoms with van der Waals surface area (Å²) in [6.07, 6.45) is 2.93. The molecule has 0 bridgehead atoms. The van der Waals surface area contributed by atoms with Crippen LogP contribution in [0.25, 0.3) is 32.5 Å². The highest BCUT2D eigenvalue weighted by molar-refractivity contribution is 7.98. The Balaban J connectivity index is 1.13. The Morgan fingerprint density at radius 1 is 1.03 bits per heavy atom. The second kappa shape index (κ2) is 8.74. The number of hydrogen-bond donors (Lipinski definition) is 1. The van der Waals surface area contributed by atoms with Gasteiger partial charge in [0.2, 0.25) is 15.9 Å². The van der Waals surface area contributed by atoms with E-state index < -0.39 is 10.0 Å². The van der Waals surface area contributed by atoms with E-state index in [1.54, 1.807) is 23.9 Å². The van der Waals surface area contributed by atoms with Gasteiger partial charge in [0.25, 0.3) is 0 Å². The van der Waals surface area contributed by atoms with Crippen LogP contribution in [0, 0.1) is 5.92 Å². The van der Waals surface area contributed by atoms with Crippen LogP contribution >= 0.6 is 23.1 Å². The zero-order valence-corrected chi connectivity index (χ0v) is 21.5. The van der Waals surface area contributed by atoms with E-state index in [0.717, 1.165) is 26.6 Å². The van der Waals surface area contributed by atoms with E-state index in [2.05, 4.69) is 29.6 Å². The lowest BCUT2D eigenvalue weighted by atomic mass is 9.97. The number of aromatic nitrogens is 1. The lowest BCUT2D eigenvalue weighted by Crippen LogP contribution is -2.41. The van der Waals surface area contributed by atoms with Crippen molar-refractivity contribution >= 4 is 54.9 Å². The number of carbonyl (C=O) groups is 1. The first-order valence-corrected chi connectivity index (χ1v) is 14.9. The number of nitrogens with zero attached hydrogens (tertiary/aromatic N) is 2. The average Bonchev–Trinajstić information content (AvgIpc) is 3.43. The van der Waals surface area contributed by atoms with Crippen molar-refractivity contribution in [3.05, 3.63) is 60.7 Å². The maximum atomic E-state index is 13.0. The van der Waals surface area contributed by atoms with E-state index in [-0.39, 0.29) is 11.8 Å². The second-order valence-corrected chi connectivity index (χ2v) is 12.6. The predicted molar refractivity (Wildman–Crippen MR) is 142 cm³/mol. The van der Waals surface area contributed by atoms with Gasteiger partial charge in [0, 0.05) is 35.0 Å². The number of thiazole rings is 1. The molecule has 6 rings (SSSR count). The van der Waals surface area contributed by atoms with Crippen LogP contribution in [0.3, 0.4) is 0 Å². The van der Waals surface area contributed by atoms with Crippen LogP contribution in [-0.2, 0) is 14.8 Å². The molecule has 1 fully saturated rings. The number of carbonyl (C=O) groups excluding carboxylic acids is 1. The summed E-state index contributed by atoms with van der Waals surface area (Å²) in [4.78, 5) is 20.2. The fraction of sp³-hybridized carbons (Fsp3) is 0.231. The van der Waals surface area contributed by atoms with E-state index in [1.807, 2.05) is 30.5 Å². The summed E-state index contributed by atoms with van der Waals surface area (Å²) in [5.41, 5.74) is 3.19. The number of benzene rings is 3. The van der Waals surface area contributed by atoms with Crippen molar-refractivity contribution < 1.29 is 13.2 Å². The summed E-state index contributed by atoms with van der Waals surface area (Å²) < 4.78 is 27.5. The molecule has 178 valence electrons. The van der Waals surface area contributed by atoms with E-state index in [1.165, 1.54) is 26.4 Å². The van der Waals surface area contributed by atoms with Gasteiger partial charge in [-0.15, -0.1) is 11.8 Å². The summed E-state index contributed by atoms with van der Waals surface area (Å²) in [5.74, 6) is -0.333. The molecular weight excluding hydrogens is 499 g/mol. The Hall–Kier alpha value is -2.72. The van der Waals surface area contributed by atoms with E-state index in [4.69, 9.17) is 4.98 Å². The third kappa shape index (κ3) is 3.87. The van der Waals surface area contributed by atoms with Gasteiger partial charge in [-0.1, -0.05) is 47.7 Å². The van der Waals surface area contributed by atoms with Gasteiger partial charge >= 0.3 is 0 Å². The summed E-state index contributed by atoms with van der Waals surface area (Å²) >= 11 is 3.07. The molecule has 35 heavy (non-hydrogen) atoms. The van der Waals surface area contributed by atoms with Crippen LogP contribution in [0.15, 0.2) is 70.5 Å². The second-order valence-electron chi connectivity index (χ2n) is 8.75. The SMILES string of the molecule is CSc1ccc(S(=O)(=O)N2CCC(C(=O)Nc3nc4c(s3)-c3cccc5cccc-4c35)CC2)cc1. The number of nitrogens with one attached hydrogen (secondary N) is 1. The molecule has 2 aliphatic rings. The number of thioether (sulfide) groups is 1. The van der Waals surface area contributed by atoms with E-state index in [9.17, 15) is 13.2 Å². The van der Waals surface area contributed by atoms with Gasteiger partial charge in [0.1, 0.15) is 0 Å². The molecule has 4 aromatic rings. The fourth-order valence-electron chi connectivity index (χ4n) is 4.93. The smallest absolute Gasteiger partial charge is 0.243 e. The van der Waals surface area contributed by atoms with Gasteiger partial charge < -0.3 is 5.32 Å². The zero-order chi connectivity index (χ0) is 24.2. The molecule has 0 atom stereocenters. The number of rotatable bonds is 5. The Morgan fingerprint density at radius 3 is 2.40 bits per heavy atom. The molecular formula is C26H23N3O3S3. The van der Waals surface area contributed by atoms with Gasteiger partial charge in [0.05, 0.1) is 15.5 Å². The van der Waals surface area contributed by atoms with Gasteiger partial charge in [0.15, 0.2) is 5.13 Å². The molecule has 0 spiro atoms. The predicted octanol–water partition coefficient (Wildman–Crippen LogP) is 5.71. The molecule has 9 heteroatoms. The molecule has 3 aromatic carbocycles. The normalized spacial score (nSPS) is 15.9. The van der Waals surface area contributed by atoms with Crippen LogP contribution in [0.5, 0.6) is 0 Å². The Kier molecular flexibility index (Phi) is 5.68. The van der Waals surface area contributed by atoms with Crippen molar-refractivity contribution in [2.45, 2.75) is 22.6 Å². The fourth-order valence-corrected chi connectivity index (χ4v) is 7.82. The van der Waals surface area contributed by atoms with Crippen LogP contribution in [-0.4, -0.2) is 43.0 Å². The lowest BCUT2D eigenvalue weighted by Gasteiger charge is -2.30. The molecule has 0 saturated carbocycles. The highest BCUT2D eigenvalue weighted by atomic mass is 32.2. The third-order valence-electron chi connectivity index (χ3n) is 6.78. The number of anilines is 1. The standard InChI is InChI=1S/C26H23N3O3S3/c1-33-18-8-10-19(11-9-18)35(31,32)29-14-12-17(13-15-29)25(30)28-26-27-23-20-6-2-4-16-5-3-7-21(22(16)20)24(23)34-26/h2-11,17H,12-15H2,1H3,(H,27,28,30). The van der Waals surface area contributed by atoms with E-state index >= 15 is 0 Å². The minimum absolute atomic E-state index is 0.0923. The molecule has 1 aliphatic heterocycles. The zero-order valence-electron chi connectivity index (χ0n) is 19.0. The Bertz CT molecular complexity index is 1500. The summed E-state index contributed by atoms with van der Waals surface area (Å²) in [5, 5.41) is 6.01. The largest absolute Gasteiger partial charge is 0.302 e. The van der Waals surface area contributed by atoms with Crippen LogP contribution < -0.4 is 5.32 Å². The van der Waals surface area contributed by atoms with Crippen molar-refractivity contribution in [1.29, 1.82) is 0 Å². The van der Waals surface area contributed by atoms with Crippen molar-refractivity contribution in [3.8, 4) is 21.7 Å². The van der Waals surface area contributed by atoms with Gasteiger partial charge in [-0.25, -0.2) is 13.4 Å². The minimum atomic E-state index is -3.56. The maximum absolute atomic E-state index is 13.0. The Morgan fingerprint density at radius 2 is 1.71 bits per heavy atom. The molecule has 1 aromatic heterocycles. The monoisotopic (exact) mass is 521 g/mol. The third-order valence-corrected chi connectivity index (χ3v) is 10.4. The van der Waals surface area contributed by atoms with Crippen LogP contribution in [0.2, 0.25) is 0 Å². The molecule has 2 heterocycles. The first-order valence-electron chi connectivity index (χ1n) is 11.4. The van der Waals surface area contributed by atoms with Crippen molar-refractivity contribution in [2.75, 3.05) is 24.7 Å². The Labute approximate surface area is 212 Å². The van der Waals surface area contributed by atoms with Crippen LogP contribution in [0.1, 0.15) is 12.8 Å². The topological polar surface area (TPSA) is 79.4 Å². The molecule has 0 radical (unpaired) electrons. The molecule has 1 saturated heterocycles. The number of sulfonamides is 1. The average molecular weight is 522 g/mol. The van der Waals surface area contributed by atoms with E-state index in [0.29, 0.717) is 36.0 Å². The number of fused-ring (bicyclic) bond motifs is 3. The van der Waals surface area contributed by atoms with Gasteiger partial charge in [-0.05, 0) is 54.1 Å². The molecule has 0 unspecified atom stereocenters. The molecule has 1 amide bonds. The highest BCUT2D eigenvalue weighted by Gasteiger charge is 2.33. The highest BCUT2D eigenvalue weighted by Crippen LogP contribution is 2.50. The van der Waals surface area contributed by atoms with Crippen LogP contribution in [0.4, 0.5) is 5.13 Å². The minimum Gasteiger partial charge on any atom is -0.302 e. The lowest BCUT2D eigenvalue weighted by molar-refractivity contribution is -0.120. The quantitative estimate of drug-likeness (QED) is 0.300. The number of hydrogen-bond acceptors (Lipinski definition) is 6. The van der Waals surface area contributed by atoms with Crippen molar-refractivity contribution in [3.63, 3.8) is 0 Å². The molecule has 1 aliphatic carbocycles. The van der Waals surface area contributed by atoms with Gasteiger partial charge in [-0.2, -0.15) is 4.31 Å².